The first-order chi connectivity index (χ1) is 6.16. The third-order valence-corrected chi connectivity index (χ3v) is 3.38. The maximum Gasteiger partial charge on any atom is 0.131 e. The van der Waals surface area contributed by atoms with Crippen molar-refractivity contribution < 1.29 is 4.21 Å². The second-order valence-corrected chi connectivity index (χ2v) is 4.70. The van der Waals surface area contributed by atoms with Gasteiger partial charge in [0.1, 0.15) is 11.6 Å². The van der Waals surface area contributed by atoms with Crippen LogP contribution in [0.3, 0.4) is 0 Å². The van der Waals surface area contributed by atoms with Gasteiger partial charge in [0.25, 0.3) is 0 Å². The number of anilines is 1. The van der Waals surface area contributed by atoms with Crippen molar-refractivity contribution in [3.05, 3.63) is 17.1 Å². The molecule has 70 valence electrons. The quantitative estimate of drug-likeness (QED) is 0.643. The van der Waals surface area contributed by atoms with Crippen molar-refractivity contribution in [3.63, 3.8) is 0 Å². The summed E-state index contributed by atoms with van der Waals surface area (Å²) in [6.45, 7) is 1.82. The average molecular weight is 197 g/mol. The Bertz CT molecular complexity index is 378. The summed E-state index contributed by atoms with van der Waals surface area (Å²) >= 11 is 0. The van der Waals surface area contributed by atoms with Crippen molar-refractivity contribution in [3.8, 4) is 0 Å². The topological polar surface area (TPSA) is 68.9 Å². The minimum absolute atomic E-state index is 0.496. The summed E-state index contributed by atoms with van der Waals surface area (Å²) in [6, 6.07) is 0. The summed E-state index contributed by atoms with van der Waals surface area (Å²) in [6.07, 6.45) is 0.759. The zero-order valence-corrected chi connectivity index (χ0v) is 8.23. The van der Waals surface area contributed by atoms with Crippen LogP contribution < -0.4 is 5.73 Å². The summed E-state index contributed by atoms with van der Waals surface area (Å²) in [4.78, 5) is 8.34. The van der Waals surface area contributed by atoms with Gasteiger partial charge in [-0.25, -0.2) is 9.97 Å². The van der Waals surface area contributed by atoms with Crippen LogP contribution in [0.15, 0.2) is 0 Å². The largest absolute Gasteiger partial charge is 0.383 e. The van der Waals surface area contributed by atoms with Crippen LogP contribution in [0.25, 0.3) is 0 Å². The van der Waals surface area contributed by atoms with Gasteiger partial charge in [-0.05, 0) is 6.92 Å². The molecule has 2 heterocycles. The van der Waals surface area contributed by atoms with Crippen molar-refractivity contribution in [2.45, 2.75) is 19.1 Å². The van der Waals surface area contributed by atoms with Crippen LogP contribution in [0.4, 0.5) is 5.82 Å². The lowest BCUT2D eigenvalue weighted by molar-refractivity contribution is 0.678. The number of fused-ring (bicyclic) bond motifs is 1. The Morgan fingerprint density at radius 3 is 3.00 bits per heavy atom. The number of rotatable bonds is 0. The molecule has 0 radical (unpaired) electrons. The van der Waals surface area contributed by atoms with Crippen LogP contribution in [0.1, 0.15) is 17.1 Å². The Labute approximate surface area is 79.0 Å². The standard InChI is InChI=1S/C8H11N3OS/c1-5-10-7-2-3-13(12)4-6(7)8(9)11-5/h2-4H2,1H3,(H2,9,10,11). The van der Waals surface area contributed by atoms with E-state index in [2.05, 4.69) is 9.97 Å². The van der Waals surface area contributed by atoms with Gasteiger partial charge >= 0.3 is 0 Å². The van der Waals surface area contributed by atoms with Crippen LogP contribution in [-0.2, 0) is 23.0 Å². The fraction of sp³-hybridized carbons (Fsp3) is 0.500. The van der Waals surface area contributed by atoms with Gasteiger partial charge in [0.05, 0.1) is 11.4 Å². The normalized spacial score (nSPS) is 21.2. The summed E-state index contributed by atoms with van der Waals surface area (Å²) in [5.41, 5.74) is 7.58. The highest BCUT2D eigenvalue weighted by Crippen LogP contribution is 2.20. The van der Waals surface area contributed by atoms with Crippen LogP contribution in [0.2, 0.25) is 0 Å². The van der Waals surface area contributed by atoms with Gasteiger partial charge in [-0.1, -0.05) is 0 Å². The molecule has 1 aromatic rings. The lowest BCUT2D eigenvalue weighted by Gasteiger charge is -2.15. The second-order valence-electron chi connectivity index (χ2n) is 3.12. The summed E-state index contributed by atoms with van der Waals surface area (Å²) in [7, 11) is -0.778. The first-order valence-corrected chi connectivity index (χ1v) is 5.62. The molecule has 5 heteroatoms. The highest BCUT2D eigenvalue weighted by Gasteiger charge is 2.19. The molecule has 2 N–H and O–H groups in total. The van der Waals surface area contributed by atoms with Crippen molar-refractivity contribution in [1.29, 1.82) is 0 Å². The predicted octanol–water partition coefficient (Wildman–Crippen LogP) is 0.172. The van der Waals surface area contributed by atoms with Gasteiger partial charge in [0.15, 0.2) is 0 Å². The molecule has 0 amide bonds. The molecule has 0 aliphatic carbocycles. The van der Waals surface area contributed by atoms with Gasteiger partial charge in [-0.2, -0.15) is 0 Å². The SMILES string of the molecule is Cc1nc(N)c2c(n1)CCS(=O)C2. The second kappa shape index (κ2) is 3.06. The first-order valence-electron chi connectivity index (χ1n) is 4.13. The maximum absolute atomic E-state index is 11.3. The minimum Gasteiger partial charge on any atom is -0.383 e. The summed E-state index contributed by atoms with van der Waals surface area (Å²) in [5.74, 6) is 2.41. The molecule has 0 aromatic carbocycles. The number of aromatic nitrogens is 2. The molecule has 0 saturated carbocycles. The van der Waals surface area contributed by atoms with Gasteiger partial charge in [-0.15, -0.1) is 0 Å². The van der Waals surface area contributed by atoms with E-state index in [0.717, 1.165) is 17.7 Å². The Hall–Kier alpha value is -0.970. The molecule has 1 aliphatic heterocycles. The van der Waals surface area contributed by atoms with E-state index in [9.17, 15) is 4.21 Å². The van der Waals surface area contributed by atoms with Crippen molar-refractivity contribution in [1.82, 2.24) is 9.97 Å². The molecule has 0 saturated heterocycles. The number of hydrogen-bond acceptors (Lipinski definition) is 4. The molecule has 1 aliphatic rings. The van der Waals surface area contributed by atoms with Gasteiger partial charge in [0.2, 0.25) is 0 Å². The third-order valence-electron chi connectivity index (χ3n) is 2.11. The average Bonchev–Trinajstić information content (AvgIpc) is 2.06. The van der Waals surface area contributed by atoms with Gasteiger partial charge in [0, 0.05) is 28.5 Å². The highest BCUT2D eigenvalue weighted by molar-refractivity contribution is 7.84. The zero-order valence-electron chi connectivity index (χ0n) is 7.41. The van der Waals surface area contributed by atoms with E-state index in [1.54, 1.807) is 0 Å². The summed E-state index contributed by atoms with van der Waals surface area (Å²) in [5, 5.41) is 0. The van der Waals surface area contributed by atoms with E-state index in [0.29, 0.717) is 23.1 Å². The molecule has 0 bridgehead atoms. The molecular formula is C8H11N3OS. The van der Waals surface area contributed by atoms with Crippen LogP contribution >= 0.6 is 0 Å². The molecule has 0 spiro atoms. The molecular weight excluding hydrogens is 186 g/mol. The van der Waals surface area contributed by atoms with E-state index >= 15 is 0 Å². The molecule has 1 unspecified atom stereocenters. The Morgan fingerprint density at radius 1 is 1.46 bits per heavy atom. The van der Waals surface area contributed by atoms with E-state index in [4.69, 9.17) is 5.73 Å². The van der Waals surface area contributed by atoms with Crippen molar-refractivity contribution in [2.24, 2.45) is 0 Å². The van der Waals surface area contributed by atoms with Gasteiger partial charge in [-0.3, -0.25) is 4.21 Å². The monoisotopic (exact) mass is 197 g/mol. The fourth-order valence-electron chi connectivity index (χ4n) is 1.49. The number of aryl methyl sites for hydroxylation is 2. The smallest absolute Gasteiger partial charge is 0.131 e. The molecule has 1 aromatic heterocycles. The fourth-order valence-corrected chi connectivity index (χ4v) is 2.69. The lowest BCUT2D eigenvalue weighted by Crippen LogP contribution is -2.18. The van der Waals surface area contributed by atoms with Crippen LogP contribution in [0, 0.1) is 6.92 Å². The Kier molecular flexibility index (Phi) is 2.03. The Balaban J connectivity index is 2.53. The Morgan fingerprint density at radius 2 is 2.23 bits per heavy atom. The predicted molar refractivity (Wildman–Crippen MR) is 51.6 cm³/mol. The molecule has 2 rings (SSSR count). The molecule has 13 heavy (non-hydrogen) atoms. The van der Waals surface area contributed by atoms with Crippen molar-refractivity contribution >= 4 is 16.6 Å². The van der Waals surface area contributed by atoms with Crippen molar-refractivity contribution in [2.75, 3.05) is 11.5 Å². The van der Waals surface area contributed by atoms with E-state index in [-0.39, 0.29) is 0 Å². The maximum atomic E-state index is 11.3. The minimum atomic E-state index is -0.778. The lowest BCUT2D eigenvalue weighted by atomic mass is 10.2. The van der Waals surface area contributed by atoms with E-state index < -0.39 is 10.8 Å². The molecule has 4 nitrogen and oxygen atoms in total. The van der Waals surface area contributed by atoms with E-state index in [1.807, 2.05) is 6.92 Å². The third kappa shape index (κ3) is 1.56. The zero-order chi connectivity index (χ0) is 9.42. The van der Waals surface area contributed by atoms with Crippen LogP contribution in [-0.4, -0.2) is 19.9 Å². The summed E-state index contributed by atoms with van der Waals surface area (Å²) < 4.78 is 11.3. The number of nitrogens with zero attached hydrogens (tertiary/aromatic N) is 2. The molecule has 0 fully saturated rings. The van der Waals surface area contributed by atoms with Gasteiger partial charge < -0.3 is 5.73 Å². The van der Waals surface area contributed by atoms with Crippen LogP contribution in [0.5, 0.6) is 0 Å². The number of hydrogen-bond donors (Lipinski definition) is 1. The highest BCUT2D eigenvalue weighted by atomic mass is 32.2. The van der Waals surface area contributed by atoms with E-state index in [1.165, 1.54) is 0 Å². The first kappa shape index (κ1) is 8.62. The number of nitrogens with two attached hydrogens (primary N) is 1. The number of nitrogen functional groups attached to an aromatic ring is 1. The molecule has 1 atom stereocenters.